The van der Waals surface area contributed by atoms with Crippen LogP contribution in [0.1, 0.15) is 28.2 Å². The van der Waals surface area contributed by atoms with Crippen molar-refractivity contribution in [3.05, 3.63) is 89.0 Å². The van der Waals surface area contributed by atoms with E-state index in [2.05, 4.69) is 5.32 Å². The van der Waals surface area contributed by atoms with Gasteiger partial charge in [0.15, 0.2) is 0 Å². The number of anilines is 1. The zero-order valence-corrected chi connectivity index (χ0v) is 15.7. The first-order chi connectivity index (χ1) is 14.4. The molecule has 0 aliphatic heterocycles. The molecule has 4 rings (SSSR count). The van der Waals surface area contributed by atoms with Gasteiger partial charge >= 0.3 is 12.3 Å². The zero-order valence-electron chi connectivity index (χ0n) is 15.7. The van der Waals surface area contributed by atoms with Crippen LogP contribution in [0.3, 0.4) is 0 Å². The average Bonchev–Trinajstić information content (AvgIpc) is 3.05. The molecule has 7 heteroatoms. The molecule has 0 fully saturated rings. The molecule has 3 aromatic carbocycles. The lowest BCUT2D eigenvalue weighted by Crippen LogP contribution is -2.18. The highest BCUT2D eigenvalue weighted by atomic mass is 19.4. The standard InChI is InChI=1S/C23H18F3NO3/c24-23(25,26)15-9-14(12-28)10-16(11-15)27-22(29)30-13-21-19-7-3-1-5-17(19)18-6-2-4-8-20(18)21/h1-11,21,28H,12-13H2,(H,27,29). The molecule has 1 amide bonds. The molecule has 0 saturated carbocycles. The van der Waals surface area contributed by atoms with Crippen molar-refractivity contribution >= 4 is 11.8 Å². The van der Waals surface area contributed by atoms with Crippen LogP contribution in [0.25, 0.3) is 11.1 Å². The molecule has 0 atom stereocenters. The number of rotatable bonds is 4. The molecule has 1 aliphatic carbocycles. The fourth-order valence-electron chi connectivity index (χ4n) is 3.77. The van der Waals surface area contributed by atoms with Crippen molar-refractivity contribution in [2.75, 3.05) is 11.9 Å². The maximum Gasteiger partial charge on any atom is 0.416 e. The molecule has 0 aromatic heterocycles. The van der Waals surface area contributed by atoms with E-state index in [-0.39, 0.29) is 23.8 Å². The molecule has 154 valence electrons. The van der Waals surface area contributed by atoms with E-state index in [0.29, 0.717) is 0 Å². The van der Waals surface area contributed by atoms with Crippen molar-refractivity contribution in [3.8, 4) is 11.1 Å². The third kappa shape index (κ3) is 3.89. The van der Waals surface area contributed by atoms with Gasteiger partial charge in [0.1, 0.15) is 6.61 Å². The Bertz CT molecular complexity index is 1050. The molecule has 0 saturated heterocycles. The van der Waals surface area contributed by atoms with Crippen molar-refractivity contribution in [2.45, 2.75) is 18.7 Å². The summed E-state index contributed by atoms with van der Waals surface area (Å²) in [6.45, 7) is -0.533. The molecule has 0 radical (unpaired) electrons. The average molecular weight is 413 g/mol. The summed E-state index contributed by atoms with van der Waals surface area (Å²) < 4.78 is 44.4. The third-order valence-corrected chi connectivity index (χ3v) is 5.09. The minimum Gasteiger partial charge on any atom is -0.448 e. The van der Waals surface area contributed by atoms with Crippen molar-refractivity contribution in [1.29, 1.82) is 0 Å². The lowest BCUT2D eigenvalue weighted by atomic mass is 9.98. The molecule has 0 spiro atoms. The van der Waals surface area contributed by atoms with Crippen LogP contribution in [-0.2, 0) is 17.5 Å². The fourth-order valence-corrected chi connectivity index (χ4v) is 3.77. The van der Waals surface area contributed by atoms with Crippen LogP contribution in [0.4, 0.5) is 23.7 Å². The summed E-state index contributed by atoms with van der Waals surface area (Å²) in [7, 11) is 0. The Kier molecular flexibility index (Phi) is 5.22. The first kappa shape index (κ1) is 20.0. The van der Waals surface area contributed by atoms with Crippen molar-refractivity contribution < 1.29 is 27.8 Å². The van der Waals surface area contributed by atoms with Gasteiger partial charge in [-0.1, -0.05) is 48.5 Å². The van der Waals surface area contributed by atoms with Crippen LogP contribution in [0.5, 0.6) is 0 Å². The summed E-state index contributed by atoms with van der Waals surface area (Å²) in [6, 6.07) is 18.6. The number of aliphatic hydroxyl groups excluding tert-OH is 1. The van der Waals surface area contributed by atoms with Crippen molar-refractivity contribution in [1.82, 2.24) is 0 Å². The van der Waals surface area contributed by atoms with Gasteiger partial charge in [0.05, 0.1) is 12.2 Å². The zero-order chi connectivity index (χ0) is 21.3. The van der Waals surface area contributed by atoms with E-state index in [1.54, 1.807) is 0 Å². The Labute approximate surface area is 170 Å². The number of hydrogen-bond acceptors (Lipinski definition) is 3. The second-order valence-corrected chi connectivity index (χ2v) is 7.03. The van der Waals surface area contributed by atoms with Gasteiger partial charge in [-0.25, -0.2) is 4.79 Å². The molecular weight excluding hydrogens is 395 g/mol. The Morgan fingerprint density at radius 3 is 2.13 bits per heavy atom. The SMILES string of the molecule is O=C(Nc1cc(CO)cc(C(F)(F)F)c1)OCC1c2ccccc2-c2ccccc21. The Morgan fingerprint density at radius 1 is 0.967 bits per heavy atom. The summed E-state index contributed by atoms with van der Waals surface area (Å²) in [5, 5.41) is 11.5. The van der Waals surface area contributed by atoms with Gasteiger partial charge in [0, 0.05) is 11.6 Å². The van der Waals surface area contributed by atoms with Crippen LogP contribution < -0.4 is 5.32 Å². The minimum absolute atomic E-state index is 0.0405. The van der Waals surface area contributed by atoms with E-state index in [0.717, 1.165) is 34.4 Å². The topological polar surface area (TPSA) is 58.6 Å². The second-order valence-electron chi connectivity index (χ2n) is 7.03. The molecule has 4 nitrogen and oxygen atoms in total. The van der Waals surface area contributed by atoms with Crippen LogP contribution in [0.2, 0.25) is 0 Å². The van der Waals surface area contributed by atoms with Gasteiger partial charge in [0.2, 0.25) is 0 Å². The number of ether oxygens (including phenoxy) is 1. The van der Waals surface area contributed by atoms with Gasteiger partial charge in [-0.15, -0.1) is 0 Å². The molecule has 0 heterocycles. The molecule has 3 aromatic rings. The summed E-state index contributed by atoms with van der Waals surface area (Å²) in [6.07, 6.45) is -5.46. The van der Waals surface area contributed by atoms with Gasteiger partial charge in [-0.05, 0) is 46.0 Å². The molecule has 30 heavy (non-hydrogen) atoms. The molecular formula is C23H18F3NO3. The fraction of sp³-hybridized carbons (Fsp3) is 0.174. The van der Waals surface area contributed by atoms with Crippen molar-refractivity contribution in [3.63, 3.8) is 0 Å². The summed E-state index contributed by atoms with van der Waals surface area (Å²) >= 11 is 0. The largest absolute Gasteiger partial charge is 0.448 e. The number of halogens is 3. The summed E-state index contributed by atoms with van der Waals surface area (Å²) in [4.78, 5) is 12.3. The van der Waals surface area contributed by atoms with Gasteiger partial charge in [-0.2, -0.15) is 13.2 Å². The number of aliphatic hydroxyl groups is 1. The Hall–Kier alpha value is -3.32. The van der Waals surface area contributed by atoms with Gasteiger partial charge < -0.3 is 9.84 Å². The molecule has 1 aliphatic rings. The van der Waals surface area contributed by atoms with E-state index < -0.39 is 24.4 Å². The predicted molar refractivity (Wildman–Crippen MR) is 106 cm³/mol. The monoisotopic (exact) mass is 413 g/mol. The highest BCUT2D eigenvalue weighted by molar-refractivity contribution is 5.85. The van der Waals surface area contributed by atoms with Crippen LogP contribution in [0, 0.1) is 0 Å². The lowest BCUT2D eigenvalue weighted by Gasteiger charge is -2.15. The van der Waals surface area contributed by atoms with Crippen molar-refractivity contribution in [2.24, 2.45) is 0 Å². The van der Waals surface area contributed by atoms with Crippen LogP contribution in [0.15, 0.2) is 66.7 Å². The number of nitrogens with one attached hydrogen (secondary N) is 1. The quantitative estimate of drug-likeness (QED) is 0.589. The molecule has 2 N–H and O–H groups in total. The summed E-state index contributed by atoms with van der Waals surface area (Å²) in [5.41, 5.74) is 3.22. The first-order valence-electron chi connectivity index (χ1n) is 9.31. The Balaban J connectivity index is 1.50. The van der Waals surface area contributed by atoms with Gasteiger partial charge in [0.25, 0.3) is 0 Å². The highest BCUT2D eigenvalue weighted by Gasteiger charge is 2.32. The van der Waals surface area contributed by atoms with E-state index in [9.17, 15) is 23.1 Å². The lowest BCUT2D eigenvalue weighted by molar-refractivity contribution is -0.137. The van der Waals surface area contributed by atoms with Crippen LogP contribution >= 0.6 is 0 Å². The van der Waals surface area contributed by atoms with E-state index in [4.69, 9.17) is 4.74 Å². The number of carbonyl (C=O) groups excluding carboxylic acids is 1. The third-order valence-electron chi connectivity index (χ3n) is 5.09. The van der Waals surface area contributed by atoms with Gasteiger partial charge in [-0.3, -0.25) is 5.32 Å². The number of benzene rings is 3. The predicted octanol–water partition coefficient (Wildman–Crippen LogP) is 5.56. The highest BCUT2D eigenvalue weighted by Crippen LogP contribution is 2.44. The van der Waals surface area contributed by atoms with E-state index in [1.165, 1.54) is 6.07 Å². The number of amides is 1. The van der Waals surface area contributed by atoms with E-state index >= 15 is 0 Å². The summed E-state index contributed by atoms with van der Waals surface area (Å²) in [5.74, 6) is -0.155. The number of fused-ring (bicyclic) bond motifs is 3. The molecule has 0 bridgehead atoms. The maximum atomic E-state index is 13.0. The van der Waals surface area contributed by atoms with E-state index in [1.807, 2.05) is 48.5 Å². The first-order valence-corrected chi connectivity index (χ1v) is 9.31. The van der Waals surface area contributed by atoms with Crippen LogP contribution in [-0.4, -0.2) is 17.8 Å². The maximum absolute atomic E-state index is 13.0. The number of hydrogen-bond donors (Lipinski definition) is 2. The Morgan fingerprint density at radius 2 is 1.57 bits per heavy atom. The molecule has 0 unspecified atom stereocenters. The smallest absolute Gasteiger partial charge is 0.416 e. The number of alkyl halides is 3. The minimum atomic E-state index is -4.59. The second kappa shape index (κ2) is 7.84. The number of carbonyl (C=O) groups is 1. The normalized spacial score (nSPS) is 12.9.